The van der Waals surface area contributed by atoms with Gasteiger partial charge in [0.05, 0.1) is 0 Å². The summed E-state index contributed by atoms with van der Waals surface area (Å²) in [4.78, 5) is 4.65. The predicted molar refractivity (Wildman–Crippen MR) is 76.6 cm³/mol. The van der Waals surface area contributed by atoms with E-state index in [1.165, 1.54) is 19.4 Å². The first-order chi connectivity index (χ1) is 8.63. The number of likely N-dealkylation sites (tertiary alicyclic amines) is 1. The van der Waals surface area contributed by atoms with Gasteiger partial charge in [-0.05, 0) is 45.1 Å². The zero-order chi connectivity index (χ0) is 13.1. The second-order valence-electron chi connectivity index (χ2n) is 5.14. The molecule has 0 radical (unpaired) electrons. The van der Waals surface area contributed by atoms with Crippen molar-refractivity contribution in [3.05, 3.63) is 4.77 Å². The molecular weight excluding hydrogens is 246 g/mol. The number of anilines is 1. The van der Waals surface area contributed by atoms with E-state index in [0.717, 1.165) is 30.2 Å². The highest BCUT2D eigenvalue weighted by Crippen LogP contribution is 2.18. The molecule has 1 aromatic rings. The van der Waals surface area contributed by atoms with Crippen LogP contribution in [0.5, 0.6) is 0 Å². The Kier molecular flexibility index (Phi) is 4.40. The van der Waals surface area contributed by atoms with Crippen molar-refractivity contribution in [2.24, 2.45) is 0 Å². The maximum Gasteiger partial charge on any atom is 0.225 e. The van der Waals surface area contributed by atoms with Crippen LogP contribution in [0.4, 0.5) is 5.95 Å². The normalized spacial score (nSPS) is 20.5. The number of nitrogens with zero attached hydrogens (tertiary/aromatic N) is 4. The molecule has 2 heterocycles. The smallest absolute Gasteiger partial charge is 0.225 e. The average molecular weight is 269 g/mol. The third-order valence-corrected chi connectivity index (χ3v) is 3.99. The fraction of sp³-hybridized carbons (Fsp3) is 0.833. The molecule has 1 fully saturated rings. The largest absolute Gasteiger partial charge is 0.342 e. The van der Waals surface area contributed by atoms with Gasteiger partial charge in [0.15, 0.2) is 4.77 Å². The minimum absolute atomic E-state index is 0.635. The Morgan fingerprint density at radius 1 is 1.56 bits per heavy atom. The number of rotatable bonds is 5. The van der Waals surface area contributed by atoms with Crippen molar-refractivity contribution in [2.45, 2.75) is 38.8 Å². The summed E-state index contributed by atoms with van der Waals surface area (Å²) in [6.07, 6.45) is 3.65. The van der Waals surface area contributed by atoms with Crippen molar-refractivity contribution in [3.8, 4) is 0 Å². The summed E-state index contributed by atoms with van der Waals surface area (Å²) in [6.45, 7) is 5.30. The first-order valence-corrected chi connectivity index (χ1v) is 7.11. The molecule has 18 heavy (non-hydrogen) atoms. The molecule has 0 aliphatic carbocycles. The van der Waals surface area contributed by atoms with Crippen LogP contribution in [-0.4, -0.2) is 52.9 Å². The Bertz CT molecular complexity index is 438. The Morgan fingerprint density at radius 2 is 2.33 bits per heavy atom. The van der Waals surface area contributed by atoms with Crippen molar-refractivity contribution < 1.29 is 0 Å². The number of aromatic nitrogens is 3. The van der Waals surface area contributed by atoms with E-state index >= 15 is 0 Å². The molecule has 6 heteroatoms. The van der Waals surface area contributed by atoms with Gasteiger partial charge in [-0.25, -0.2) is 5.10 Å². The monoisotopic (exact) mass is 269 g/mol. The zero-order valence-electron chi connectivity index (χ0n) is 11.5. The summed E-state index contributed by atoms with van der Waals surface area (Å²) < 4.78 is 2.81. The zero-order valence-corrected chi connectivity index (χ0v) is 12.3. The van der Waals surface area contributed by atoms with Crippen LogP contribution < -0.4 is 4.90 Å². The van der Waals surface area contributed by atoms with E-state index in [0.29, 0.717) is 6.04 Å². The standard InChI is InChI=1S/C12H23N5S/c1-4-7-17-11(13-14-12(17)18)16(3)9-10-6-5-8-15(10)2/h10H,4-9H2,1-3H3,(H,14,18). The molecule has 1 saturated heterocycles. The van der Waals surface area contributed by atoms with Crippen molar-refractivity contribution in [3.63, 3.8) is 0 Å². The third kappa shape index (κ3) is 2.75. The average Bonchev–Trinajstić information content (AvgIpc) is 2.88. The highest BCUT2D eigenvalue weighted by Gasteiger charge is 2.23. The SMILES string of the molecule is CCCn1c(N(C)CC2CCCN2C)n[nH]c1=S. The molecule has 1 atom stereocenters. The number of aromatic amines is 1. The van der Waals surface area contributed by atoms with Crippen LogP contribution in [0.1, 0.15) is 26.2 Å². The van der Waals surface area contributed by atoms with Crippen LogP contribution in [0, 0.1) is 4.77 Å². The Morgan fingerprint density at radius 3 is 2.94 bits per heavy atom. The molecule has 1 aliphatic rings. The lowest BCUT2D eigenvalue weighted by molar-refractivity contribution is 0.313. The van der Waals surface area contributed by atoms with Crippen molar-refractivity contribution in [1.82, 2.24) is 19.7 Å². The van der Waals surface area contributed by atoms with Gasteiger partial charge in [-0.3, -0.25) is 4.57 Å². The maximum absolute atomic E-state index is 5.27. The number of likely N-dealkylation sites (N-methyl/N-ethyl adjacent to an activating group) is 2. The number of hydrogen-bond donors (Lipinski definition) is 1. The van der Waals surface area contributed by atoms with Crippen LogP contribution >= 0.6 is 12.2 Å². The molecular formula is C12H23N5S. The second-order valence-corrected chi connectivity index (χ2v) is 5.52. The van der Waals surface area contributed by atoms with Crippen molar-refractivity contribution in [2.75, 3.05) is 32.1 Å². The lowest BCUT2D eigenvalue weighted by Crippen LogP contribution is -2.37. The fourth-order valence-electron chi connectivity index (χ4n) is 2.63. The first-order valence-electron chi connectivity index (χ1n) is 6.70. The summed E-state index contributed by atoms with van der Waals surface area (Å²) in [5.41, 5.74) is 0. The van der Waals surface area contributed by atoms with Crippen LogP contribution in [0.15, 0.2) is 0 Å². The van der Waals surface area contributed by atoms with Gasteiger partial charge in [0.25, 0.3) is 0 Å². The van der Waals surface area contributed by atoms with Crippen molar-refractivity contribution >= 4 is 18.2 Å². The van der Waals surface area contributed by atoms with E-state index in [9.17, 15) is 0 Å². The Labute approximate surface area is 114 Å². The maximum atomic E-state index is 5.27. The van der Waals surface area contributed by atoms with E-state index in [1.54, 1.807) is 0 Å². The predicted octanol–water partition coefficient (Wildman–Crippen LogP) is 1.88. The highest BCUT2D eigenvalue weighted by molar-refractivity contribution is 7.71. The molecule has 1 N–H and O–H groups in total. The molecule has 0 amide bonds. The van der Waals surface area contributed by atoms with Gasteiger partial charge in [-0.2, -0.15) is 0 Å². The third-order valence-electron chi connectivity index (χ3n) is 3.68. The molecule has 0 aromatic carbocycles. The molecule has 1 aliphatic heterocycles. The quantitative estimate of drug-likeness (QED) is 0.829. The lowest BCUT2D eigenvalue weighted by atomic mass is 10.2. The first kappa shape index (κ1) is 13.5. The molecule has 0 saturated carbocycles. The van der Waals surface area contributed by atoms with Crippen LogP contribution in [0.2, 0.25) is 0 Å². The van der Waals surface area contributed by atoms with E-state index in [-0.39, 0.29) is 0 Å². The minimum Gasteiger partial charge on any atom is -0.342 e. The summed E-state index contributed by atoms with van der Waals surface area (Å²) in [5, 5.41) is 7.25. The van der Waals surface area contributed by atoms with Gasteiger partial charge in [0, 0.05) is 26.2 Å². The molecule has 1 aromatic heterocycles. The van der Waals surface area contributed by atoms with Crippen LogP contribution in [0.25, 0.3) is 0 Å². The molecule has 2 rings (SSSR count). The van der Waals surface area contributed by atoms with Gasteiger partial charge < -0.3 is 9.80 Å². The van der Waals surface area contributed by atoms with E-state index in [4.69, 9.17) is 12.2 Å². The van der Waals surface area contributed by atoms with E-state index in [2.05, 4.69) is 45.6 Å². The van der Waals surface area contributed by atoms with Crippen LogP contribution in [0.3, 0.4) is 0 Å². The lowest BCUT2D eigenvalue weighted by Gasteiger charge is -2.26. The van der Waals surface area contributed by atoms with Gasteiger partial charge >= 0.3 is 0 Å². The topological polar surface area (TPSA) is 40.1 Å². The Balaban J connectivity index is 2.08. The molecule has 0 spiro atoms. The summed E-state index contributed by atoms with van der Waals surface area (Å²) in [7, 11) is 4.30. The van der Waals surface area contributed by atoms with Gasteiger partial charge in [-0.1, -0.05) is 6.92 Å². The number of nitrogens with one attached hydrogen (secondary N) is 1. The van der Waals surface area contributed by atoms with Gasteiger partial charge in [0.1, 0.15) is 0 Å². The second kappa shape index (κ2) is 5.84. The summed E-state index contributed by atoms with van der Waals surface area (Å²) >= 11 is 5.27. The van der Waals surface area contributed by atoms with Gasteiger partial charge in [0.2, 0.25) is 5.95 Å². The van der Waals surface area contributed by atoms with E-state index in [1.807, 2.05) is 0 Å². The summed E-state index contributed by atoms with van der Waals surface area (Å²) in [6, 6.07) is 0.635. The van der Waals surface area contributed by atoms with Crippen LogP contribution in [-0.2, 0) is 6.54 Å². The fourth-order valence-corrected chi connectivity index (χ4v) is 2.85. The molecule has 0 bridgehead atoms. The molecule has 5 nitrogen and oxygen atoms in total. The minimum atomic E-state index is 0.635. The Hall–Kier alpha value is -0.880. The molecule has 102 valence electrons. The number of hydrogen-bond acceptors (Lipinski definition) is 4. The van der Waals surface area contributed by atoms with Gasteiger partial charge in [-0.15, -0.1) is 5.10 Å². The molecule has 1 unspecified atom stereocenters. The van der Waals surface area contributed by atoms with E-state index < -0.39 is 0 Å². The van der Waals surface area contributed by atoms with Crippen molar-refractivity contribution in [1.29, 1.82) is 0 Å². The summed E-state index contributed by atoms with van der Waals surface area (Å²) in [5.74, 6) is 0.960. The number of H-pyrrole nitrogens is 1. The highest BCUT2D eigenvalue weighted by atomic mass is 32.1.